The molecule has 7 nitrogen and oxygen atoms in total. The maximum atomic E-state index is 12.0. The third-order valence-corrected chi connectivity index (χ3v) is 5.32. The second-order valence-corrected chi connectivity index (χ2v) is 7.31. The summed E-state index contributed by atoms with van der Waals surface area (Å²) < 4.78 is 23.6. The predicted molar refractivity (Wildman–Crippen MR) is 76.1 cm³/mol. The summed E-state index contributed by atoms with van der Waals surface area (Å²) in [7, 11) is -3.63. The van der Waals surface area contributed by atoms with Crippen molar-refractivity contribution in [3.8, 4) is 0 Å². The highest BCUT2D eigenvalue weighted by Gasteiger charge is 2.29. The standard InChI is InChI=1S/C11H18N4O3S2/c1-8-7-19-10(14-8)6-13-11(16)9-2-4-15(5-3-9)20(12,17)18/h7,9H,2-6H2,1H3,(H,13,16)(H2,12,17,18). The number of aromatic nitrogens is 1. The molecule has 0 aromatic carbocycles. The Morgan fingerprint density at radius 1 is 1.55 bits per heavy atom. The minimum atomic E-state index is -3.63. The lowest BCUT2D eigenvalue weighted by Crippen LogP contribution is -2.45. The highest BCUT2D eigenvalue weighted by atomic mass is 32.2. The van der Waals surface area contributed by atoms with Gasteiger partial charge in [0.05, 0.1) is 6.54 Å². The molecule has 1 aromatic heterocycles. The Morgan fingerprint density at radius 2 is 2.20 bits per heavy atom. The van der Waals surface area contributed by atoms with Crippen molar-refractivity contribution >= 4 is 27.5 Å². The minimum absolute atomic E-state index is 0.0491. The van der Waals surface area contributed by atoms with Crippen LogP contribution in [0.1, 0.15) is 23.5 Å². The summed E-state index contributed by atoms with van der Waals surface area (Å²) in [6, 6.07) is 0. The molecule has 112 valence electrons. The molecule has 9 heteroatoms. The Hall–Kier alpha value is -1.03. The fourth-order valence-electron chi connectivity index (χ4n) is 2.16. The summed E-state index contributed by atoms with van der Waals surface area (Å²) in [5, 5.41) is 10.7. The Labute approximate surface area is 122 Å². The van der Waals surface area contributed by atoms with E-state index in [1.165, 1.54) is 15.6 Å². The van der Waals surface area contributed by atoms with E-state index in [2.05, 4.69) is 10.3 Å². The minimum Gasteiger partial charge on any atom is -0.349 e. The maximum Gasteiger partial charge on any atom is 0.276 e. The molecule has 0 unspecified atom stereocenters. The van der Waals surface area contributed by atoms with Gasteiger partial charge in [-0.2, -0.15) is 12.7 Å². The number of hydrogen-bond donors (Lipinski definition) is 2. The molecule has 1 aliphatic heterocycles. The van der Waals surface area contributed by atoms with Gasteiger partial charge in [-0.1, -0.05) is 0 Å². The molecule has 2 heterocycles. The van der Waals surface area contributed by atoms with Crippen LogP contribution in [0.25, 0.3) is 0 Å². The van der Waals surface area contributed by atoms with Crippen molar-refractivity contribution in [1.82, 2.24) is 14.6 Å². The van der Waals surface area contributed by atoms with Crippen LogP contribution in [-0.4, -0.2) is 36.7 Å². The lowest BCUT2D eigenvalue weighted by atomic mass is 9.97. The third kappa shape index (κ3) is 3.98. The van der Waals surface area contributed by atoms with Gasteiger partial charge in [-0.05, 0) is 19.8 Å². The van der Waals surface area contributed by atoms with Crippen LogP contribution in [0.4, 0.5) is 0 Å². The number of thiazole rings is 1. The zero-order valence-corrected chi connectivity index (χ0v) is 12.8. The predicted octanol–water partition coefficient (Wildman–Crippen LogP) is -0.0168. The normalized spacial score (nSPS) is 18.1. The average Bonchev–Trinajstić information content (AvgIpc) is 2.81. The highest BCUT2D eigenvalue weighted by Crippen LogP contribution is 2.19. The number of piperidine rings is 1. The quantitative estimate of drug-likeness (QED) is 0.814. The number of nitrogens with two attached hydrogens (primary N) is 1. The van der Waals surface area contributed by atoms with Gasteiger partial charge in [0.2, 0.25) is 5.91 Å². The van der Waals surface area contributed by atoms with Crippen LogP contribution < -0.4 is 10.5 Å². The van der Waals surface area contributed by atoms with Crippen molar-refractivity contribution in [1.29, 1.82) is 0 Å². The monoisotopic (exact) mass is 318 g/mol. The molecule has 1 aromatic rings. The summed E-state index contributed by atoms with van der Waals surface area (Å²) in [4.78, 5) is 16.3. The molecule has 0 saturated carbocycles. The molecule has 3 N–H and O–H groups in total. The number of hydrogen-bond acceptors (Lipinski definition) is 5. The van der Waals surface area contributed by atoms with Crippen molar-refractivity contribution in [3.63, 3.8) is 0 Å². The van der Waals surface area contributed by atoms with E-state index in [0.717, 1.165) is 10.7 Å². The van der Waals surface area contributed by atoms with Gasteiger partial charge in [0.25, 0.3) is 10.2 Å². The lowest BCUT2D eigenvalue weighted by molar-refractivity contribution is -0.126. The van der Waals surface area contributed by atoms with Crippen molar-refractivity contribution in [2.45, 2.75) is 26.3 Å². The lowest BCUT2D eigenvalue weighted by Gasteiger charge is -2.28. The first kappa shape index (κ1) is 15.4. The molecule has 2 rings (SSSR count). The van der Waals surface area contributed by atoms with Crippen molar-refractivity contribution in [2.24, 2.45) is 11.1 Å². The Bertz CT molecular complexity index is 576. The molecule has 0 bridgehead atoms. The van der Waals surface area contributed by atoms with Gasteiger partial charge in [-0.25, -0.2) is 10.1 Å². The third-order valence-electron chi connectivity index (χ3n) is 3.27. The van der Waals surface area contributed by atoms with Crippen LogP contribution in [0, 0.1) is 12.8 Å². The molecule has 0 atom stereocenters. The first-order valence-electron chi connectivity index (χ1n) is 6.33. The molecule has 0 spiro atoms. The Kier molecular flexibility index (Phi) is 4.74. The van der Waals surface area contributed by atoms with Crippen LogP contribution in [0.2, 0.25) is 0 Å². The van der Waals surface area contributed by atoms with Crippen LogP contribution in [0.5, 0.6) is 0 Å². The SMILES string of the molecule is Cc1csc(CNC(=O)C2CCN(S(N)(=O)=O)CC2)n1. The number of nitrogens with zero attached hydrogens (tertiary/aromatic N) is 2. The molecule has 20 heavy (non-hydrogen) atoms. The number of aryl methyl sites for hydroxylation is 1. The van der Waals surface area contributed by atoms with Crippen LogP contribution >= 0.6 is 11.3 Å². The maximum absolute atomic E-state index is 12.0. The first-order chi connectivity index (χ1) is 9.36. The van der Waals surface area contributed by atoms with E-state index < -0.39 is 10.2 Å². The Balaban J connectivity index is 1.80. The molecular weight excluding hydrogens is 300 g/mol. The number of rotatable bonds is 4. The van der Waals surface area contributed by atoms with Crippen LogP contribution in [0.15, 0.2) is 5.38 Å². The molecule has 1 saturated heterocycles. The van der Waals surface area contributed by atoms with E-state index >= 15 is 0 Å². The summed E-state index contributed by atoms with van der Waals surface area (Å²) in [6.07, 6.45) is 0.998. The summed E-state index contributed by atoms with van der Waals surface area (Å²) in [5.74, 6) is -0.207. The average molecular weight is 318 g/mol. The van der Waals surface area contributed by atoms with E-state index in [1.54, 1.807) is 0 Å². The zero-order valence-electron chi connectivity index (χ0n) is 11.2. The number of carbonyl (C=O) groups excluding carboxylic acids is 1. The summed E-state index contributed by atoms with van der Waals surface area (Å²) in [6.45, 7) is 2.93. The largest absolute Gasteiger partial charge is 0.349 e. The fourth-order valence-corrected chi connectivity index (χ4v) is 3.59. The number of amides is 1. The van der Waals surface area contributed by atoms with Gasteiger partial charge in [0.1, 0.15) is 5.01 Å². The first-order valence-corrected chi connectivity index (χ1v) is 8.71. The number of nitrogens with one attached hydrogen (secondary N) is 1. The van der Waals surface area contributed by atoms with Gasteiger partial charge in [0.15, 0.2) is 0 Å². The molecule has 1 fully saturated rings. The van der Waals surface area contributed by atoms with E-state index in [0.29, 0.717) is 32.5 Å². The van der Waals surface area contributed by atoms with Gasteiger partial charge in [-0.3, -0.25) is 4.79 Å². The summed E-state index contributed by atoms with van der Waals surface area (Å²) >= 11 is 1.51. The molecule has 0 aliphatic carbocycles. The topological polar surface area (TPSA) is 105 Å². The smallest absolute Gasteiger partial charge is 0.276 e. The van der Waals surface area contributed by atoms with Gasteiger partial charge in [0, 0.05) is 30.1 Å². The molecule has 1 amide bonds. The second kappa shape index (κ2) is 6.17. The van der Waals surface area contributed by atoms with Crippen LogP contribution in [0.3, 0.4) is 0 Å². The zero-order chi connectivity index (χ0) is 14.8. The molecular formula is C11H18N4O3S2. The van der Waals surface area contributed by atoms with Crippen molar-refractivity contribution < 1.29 is 13.2 Å². The van der Waals surface area contributed by atoms with Crippen LogP contribution in [-0.2, 0) is 21.5 Å². The molecule has 0 radical (unpaired) electrons. The van der Waals surface area contributed by atoms with Crippen molar-refractivity contribution in [3.05, 3.63) is 16.1 Å². The van der Waals surface area contributed by atoms with Gasteiger partial charge < -0.3 is 5.32 Å². The van der Waals surface area contributed by atoms with Gasteiger partial charge in [-0.15, -0.1) is 11.3 Å². The Morgan fingerprint density at radius 3 is 2.70 bits per heavy atom. The van der Waals surface area contributed by atoms with Gasteiger partial charge >= 0.3 is 0 Å². The number of carbonyl (C=O) groups is 1. The van der Waals surface area contributed by atoms with Crippen molar-refractivity contribution in [2.75, 3.05) is 13.1 Å². The molecule has 1 aliphatic rings. The highest BCUT2D eigenvalue weighted by molar-refractivity contribution is 7.86. The van der Waals surface area contributed by atoms with E-state index in [-0.39, 0.29) is 11.8 Å². The van der Waals surface area contributed by atoms with E-state index in [4.69, 9.17) is 5.14 Å². The fraction of sp³-hybridized carbons (Fsp3) is 0.636. The summed E-state index contributed by atoms with van der Waals surface area (Å²) in [5.41, 5.74) is 0.945. The van der Waals surface area contributed by atoms with E-state index in [9.17, 15) is 13.2 Å². The van der Waals surface area contributed by atoms with E-state index in [1.807, 2.05) is 12.3 Å². The second-order valence-electron chi connectivity index (χ2n) is 4.82.